The van der Waals surface area contributed by atoms with Crippen LogP contribution in [0.3, 0.4) is 0 Å². The fraction of sp³-hybridized carbons (Fsp3) is 0.458. The molecule has 0 radical (unpaired) electrons. The summed E-state index contributed by atoms with van der Waals surface area (Å²) < 4.78 is 13.2. The molecule has 0 aliphatic carbocycles. The van der Waals surface area contributed by atoms with Crippen molar-refractivity contribution in [2.24, 2.45) is 0 Å². The van der Waals surface area contributed by atoms with Gasteiger partial charge < -0.3 is 10.6 Å². The van der Waals surface area contributed by atoms with Crippen LogP contribution in [0.4, 0.5) is 4.39 Å². The summed E-state index contributed by atoms with van der Waals surface area (Å²) in [6, 6.07) is 10.2. The summed E-state index contributed by atoms with van der Waals surface area (Å²) in [6.45, 7) is 2.42. The number of hydrogen-bond donors (Lipinski definition) is 2. The molecule has 3 heterocycles. The van der Waals surface area contributed by atoms with Crippen molar-refractivity contribution in [3.05, 3.63) is 65.7 Å². The van der Waals surface area contributed by atoms with E-state index in [2.05, 4.69) is 32.5 Å². The Kier molecular flexibility index (Phi) is 7.12. The molecule has 2 N–H and O–H groups in total. The lowest BCUT2D eigenvalue weighted by molar-refractivity contribution is -0.126. The average Bonchev–Trinajstić information content (AvgIpc) is 3.18. The molecule has 2 aliphatic rings. The van der Waals surface area contributed by atoms with Gasteiger partial charge in [0.2, 0.25) is 11.8 Å². The van der Waals surface area contributed by atoms with Gasteiger partial charge in [-0.3, -0.25) is 24.4 Å². The summed E-state index contributed by atoms with van der Waals surface area (Å²) in [7, 11) is 2.05. The van der Waals surface area contributed by atoms with Crippen molar-refractivity contribution in [1.82, 2.24) is 25.4 Å². The first kappa shape index (κ1) is 22.4. The minimum atomic E-state index is -0.257. The molecule has 8 heteroatoms. The van der Waals surface area contributed by atoms with Gasteiger partial charge in [0.25, 0.3) is 0 Å². The van der Waals surface area contributed by atoms with Gasteiger partial charge in [-0.25, -0.2) is 4.39 Å². The minimum Gasteiger partial charge on any atom is -0.353 e. The Labute approximate surface area is 188 Å². The van der Waals surface area contributed by atoms with Gasteiger partial charge in [0.1, 0.15) is 11.9 Å². The highest BCUT2D eigenvalue weighted by Crippen LogP contribution is 2.28. The Balaban J connectivity index is 1.32. The molecule has 7 nitrogen and oxygen atoms in total. The van der Waals surface area contributed by atoms with Crippen molar-refractivity contribution >= 4 is 11.8 Å². The van der Waals surface area contributed by atoms with E-state index in [0.717, 1.165) is 24.1 Å². The van der Waals surface area contributed by atoms with Crippen molar-refractivity contribution in [1.29, 1.82) is 0 Å². The lowest BCUT2D eigenvalue weighted by atomic mass is 10.0. The fourth-order valence-electron chi connectivity index (χ4n) is 4.74. The number of aromatic nitrogens is 1. The third kappa shape index (κ3) is 5.31. The SMILES string of the molecule is CN1[C@@H](CCC(=O)NCc2cccnc2)CNC(=O)[C@@H]2[C@H]1CCN2Cc1ccc(F)cc1. The molecule has 1 aromatic heterocycles. The molecule has 2 saturated heterocycles. The molecule has 3 atom stereocenters. The first-order chi connectivity index (χ1) is 15.5. The summed E-state index contributed by atoms with van der Waals surface area (Å²) in [6.07, 6.45) is 5.42. The third-order valence-corrected chi connectivity index (χ3v) is 6.57. The number of nitrogens with one attached hydrogen (secondary N) is 2. The number of halogens is 1. The number of carbonyl (C=O) groups excluding carboxylic acids is 2. The fourth-order valence-corrected chi connectivity index (χ4v) is 4.74. The molecular formula is C24H30FN5O2. The zero-order chi connectivity index (χ0) is 22.5. The maximum atomic E-state index is 13.2. The third-order valence-electron chi connectivity index (χ3n) is 6.57. The van der Waals surface area contributed by atoms with E-state index in [1.54, 1.807) is 24.5 Å². The molecule has 0 bridgehead atoms. The molecule has 2 fully saturated rings. The molecule has 0 unspecified atom stereocenters. The molecule has 2 aliphatic heterocycles. The van der Waals surface area contributed by atoms with E-state index >= 15 is 0 Å². The molecule has 0 spiro atoms. The summed E-state index contributed by atoms with van der Waals surface area (Å²) in [5.74, 6) is -0.226. The van der Waals surface area contributed by atoms with Crippen LogP contribution in [0.2, 0.25) is 0 Å². The first-order valence-electron chi connectivity index (χ1n) is 11.1. The zero-order valence-corrected chi connectivity index (χ0v) is 18.3. The second-order valence-electron chi connectivity index (χ2n) is 8.64. The Morgan fingerprint density at radius 2 is 2.06 bits per heavy atom. The van der Waals surface area contributed by atoms with Crippen LogP contribution in [0.25, 0.3) is 0 Å². The second-order valence-corrected chi connectivity index (χ2v) is 8.64. The van der Waals surface area contributed by atoms with Crippen LogP contribution in [-0.2, 0) is 22.7 Å². The number of amides is 2. The number of fused-ring (bicyclic) bond motifs is 1. The van der Waals surface area contributed by atoms with Crippen LogP contribution in [-0.4, -0.2) is 64.9 Å². The first-order valence-corrected chi connectivity index (χ1v) is 11.1. The van der Waals surface area contributed by atoms with Crippen molar-refractivity contribution in [3.8, 4) is 0 Å². The highest BCUT2D eigenvalue weighted by atomic mass is 19.1. The lowest BCUT2D eigenvalue weighted by Gasteiger charge is -2.33. The molecule has 32 heavy (non-hydrogen) atoms. The molecule has 2 amide bonds. The normalized spacial score (nSPS) is 23.9. The van der Waals surface area contributed by atoms with Crippen LogP contribution in [0.1, 0.15) is 30.4 Å². The van der Waals surface area contributed by atoms with E-state index in [1.165, 1.54) is 12.1 Å². The number of likely N-dealkylation sites (N-methyl/N-ethyl adjacent to an activating group) is 1. The molecule has 1 aromatic carbocycles. The quantitative estimate of drug-likeness (QED) is 0.687. The van der Waals surface area contributed by atoms with Gasteiger partial charge in [0.05, 0.1) is 0 Å². The Morgan fingerprint density at radius 3 is 2.81 bits per heavy atom. The smallest absolute Gasteiger partial charge is 0.239 e. The summed E-state index contributed by atoms with van der Waals surface area (Å²) in [5.41, 5.74) is 1.96. The summed E-state index contributed by atoms with van der Waals surface area (Å²) in [4.78, 5) is 33.8. The maximum absolute atomic E-state index is 13.2. The van der Waals surface area contributed by atoms with Crippen LogP contribution < -0.4 is 10.6 Å². The molecule has 4 rings (SSSR count). The Bertz CT molecular complexity index is 924. The predicted octanol–water partition coefficient (Wildman–Crippen LogP) is 1.69. The van der Waals surface area contributed by atoms with Gasteiger partial charge >= 0.3 is 0 Å². The standard InChI is InChI=1S/C24H30FN5O2/c1-29-20(8-9-22(31)27-14-18-3-2-11-26-13-18)15-28-24(32)23-21(29)10-12-30(23)16-17-4-6-19(25)7-5-17/h2-7,11,13,20-21,23H,8-10,12,14-16H2,1H3,(H,27,31)(H,28,32)/t20-,21+,23-/m0/s1. The van der Waals surface area contributed by atoms with Gasteiger partial charge in [0, 0.05) is 57.1 Å². The zero-order valence-electron chi connectivity index (χ0n) is 18.3. The van der Waals surface area contributed by atoms with Gasteiger partial charge in [-0.1, -0.05) is 18.2 Å². The van der Waals surface area contributed by atoms with Gasteiger partial charge in [0.15, 0.2) is 0 Å². The van der Waals surface area contributed by atoms with Crippen LogP contribution >= 0.6 is 0 Å². The van der Waals surface area contributed by atoms with E-state index in [-0.39, 0.29) is 35.8 Å². The highest BCUT2D eigenvalue weighted by molar-refractivity contribution is 5.83. The molecular weight excluding hydrogens is 409 g/mol. The van der Waals surface area contributed by atoms with Crippen LogP contribution in [0.15, 0.2) is 48.8 Å². The van der Waals surface area contributed by atoms with E-state index in [1.807, 2.05) is 12.1 Å². The number of rotatable bonds is 7. The average molecular weight is 440 g/mol. The van der Waals surface area contributed by atoms with Crippen LogP contribution in [0, 0.1) is 5.82 Å². The maximum Gasteiger partial charge on any atom is 0.239 e. The topological polar surface area (TPSA) is 77.6 Å². The minimum absolute atomic E-state index is 0.00117. The van der Waals surface area contributed by atoms with Gasteiger partial charge in [-0.05, 0) is 49.2 Å². The van der Waals surface area contributed by atoms with Crippen molar-refractivity contribution in [2.75, 3.05) is 20.1 Å². The Morgan fingerprint density at radius 1 is 1.25 bits per heavy atom. The Hall–Kier alpha value is -2.84. The summed E-state index contributed by atoms with van der Waals surface area (Å²) in [5, 5.41) is 6.02. The monoisotopic (exact) mass is 439 g/mol. The number of pyridine rings is 1. The van der Waals surface area contributed by atoms with Crippen molar-refractivity contribution < 1.29 is 14.0 Å². The summed E-state index contributed by atoms with van der Waals surface area (Å²) >= 11 is 0. The number of carbonyl (C=O) groups is 2. The second kappa shape index (κ2) is 10.2. The number of hydrogen-bond acceptors (Lipinski definition) is 5. The van der Waals surface area contributed by atoms with Crippen LogP contribution in [0.5, 0.6) is 0 Å². The molecule has 2 aromatic rings. The highest BCUT2D eigenvalue weighted by Gasteiger charge is 2.44. The van der Waals surface area contributed by atoms with E-state index < -0.39 is 0 Å². The largest absolute Gasteiger partial charge is 0.353 e. The molecule has 0 saturated carbocycles. The number of nitrogens with zero attached hydrogens (tertiary/aromatic N) is 3. The van der Waals surface area contributed by atoms with Crippen molar-refractivity contribution in [2.45, 2.75) is 50.5 Å². The molecule has 170 valence electrons. The van der Waals surface area contributed by atoms with Crippen molar-refractivity contribution in [3.63, 3.8) is 0 Å². The van der Waals surface area contributed by atoms with E-state index in [0.29, 0.717) is 32.5 Å². The van der Waals surface area contributed by atoms with E-state index in [9.17, 15) is 14.0 Å². The number of likely N-dealkylation sites (tertiary alicyclic amines) is 1. The van der Waals surface area contributed by atoms with E-state index in [4.69, 9.17) is 0 Å². The lowest BCUT2D eigenvalue weighted by Crippen LogP contribution is -2.49. The van der Waals surface area contributed by atoms with Gasteiger partial charge in [-0.15, -0.1) is 0 Å². The van der Waals surface area contributed by atoms with Gasteiger partial charge in [-0.2, -0.15) is 0 Å². The predicted molar refractivity (Wildman–Crippen MR) is 119 cm³/mol. The number of benzene rings is 1.